The van der Waals surface area contributed by atoms with Gasteiger partial charge in [0.2, 0.25) is 5.91 Å². The maximum absolute atomic E-state index is 15.5. The minimum atomic E-state index is -1.46. The van der Waals surface area contributed by atoms with Gasteiger partial charge in [-0.25, -0.2) is 17.6 Å². The van der Waals surface area contributed by atoms with Crippen molar-refractivity contribution in [2.45, 2.75) is 63.2 Å². The molecular weight excluding hydrogens is 1100 g/mol. The molecule has 3 amide bonds. The van der Waals surface area contributed by atoms with Gasteiger partial charge in [0.15, 0.2) is 23.0 Å². The van der Waals surface area contributed by atoms with Crippen molar-refractivity contribution in [3.8, 4) is 34.4 Å². The van der Waals surface area contributed by atoms with Gasteiger partial charge in [-0.1, -0.05) is 120 Å². The molecule has 4 heterocycles. The number of amides is 3. The largest absolute Gasteiger partial charge is 0.480 e. The Bertz CT molecular complexity index is 3900. The minimum Gasteiger partial charge on any atom is -0.480 e. The Morgan fingerprint density at radius 2 is 1.07 bits per heavy atom. The number of nitrogens with two attached hydrogens (primary N) is 2. The molecule has 6 N–H and O–H groups in total. The third-order valence-electron chi connectivity index (χ3n) is 13.4. The SMILES string of the molecule is N#Cc1cccc2c(C(N)=O)nn(CC(=O)N3C[C@H](F)C[C@H]3C(=O)Cc3cccc(-c4ccccc4Cl)c3F)c12.N#Cc1cccc2c(C(N)=O)nn(CC(=O)O)c12.O=C(Cc1cccc(-c2ccccc2Cl)c1F)[C@@H]1C[C@@H](F)CN1. The number of benzene rings is 6. The number of carbonyl (C=O) groups is 6. The average Bonchev–Trinajstić information content (AvgIpc) is 4.43. The summed E-state index contributed by atoms with van der Waals surface area (Å²) in [6.45, 7) is -1.05. The molecule has 2 fully saturated rings. The van der Waals surface area contributed by atoms with Crippen LogP contribution in [0, 0.1) is 34.3 Å². The highest BCUT2D eigenvalue weighted by Gasteiger charge is 2.40. The minimum absolute atomic E-state index is 0.0386. The third-order valence-corrected chi connectivity index (χ3v) is 14.1. The lowest BCUT2D eigenvalue weighted by molar-refractivity contribution is -0.138. The Morgan fingerprint density at radius 1 is 0.617 bits per heavy atom. The molecule has 6 aromatic carbocycles. The van der Waals surface area contributed by atoms with E-state index in [-0.39, 0.29) is 83.7 Å². The quantitative estimate of drug-likeness (QED) is 0.0749. The number of aromatic nitrogens is 4. The lowest BCUT2D eigenvalue weighted by Gasteiger charge is -2.24. The highest BCUT2D eigenvalue weighted by Crippen LogP contribution is 2.34. The van der Waals surface area contributed by atoms with Crippen LogP contribution in [-0.2, 0) is 45.1 Å². The first kappa shape index (κ1) is 57.9. The number of likely N-dealkylation sites (tertiary alicyclic amines) is 1. The number of Topliss-reactive ketones (excluding diaryl/α,β-unsaturated/α-hetero) is 2. The average molecular weight is 1140 g/mol. The monoisotopic (exact) mass is 1140 g/mol. The van der Waals surface area contributed by atoms with E-state index in [1.165, 1.54) is 18.2 Å². The summed E-state index contributed by atoms with van der Waals surface area (Å²) in [5.41, 5.74) is 13.4. The molecule has 2 aliphatic rings. The number of para-hydroxylation sites is 2. The fraction of sp³-hybridized carbons (Fsp3) is 0.207. The van der Waals surface area contributed by atoms with Gasteiger partial charge in [-0.15, -0.1) is 0 Å². The summed E-state index contributed by atoms with van der Waals surface area (Å²) in [5, 5.41) is 39.6. The van der Waals surface area contributed by atoms with Crippen LogP contribution in [-0.4, -0.2) is 102 Å². The Labute approximate surface area is 468 Å². The molecule has 0 unspecified atom stereocenters. The summed E-state index contributed by atoms with van der Waals surface area (Å²) in [6, 6.07) is 34.8. The molecule has 8 aromatic rings. The zero-order chi connectivity index (χ0) is 58.2. The molecule has 10 rings (SSSR count). The number of ketones is 2. The maximum atomic E-state index is 15.5. The number of aliphatic carboxylic acids is 1. The predicted molar refractivity (Wildman–Crippen MR) is 291 cm³/mol. The van der Waals surface area contributed by atoms with Gasteiger partial charge in [-0.05, 0) is 35.4 Å². The van der Waals surface area contributed by atoms with Crippen molar-refractivity contribution in [2.75, 3.05) is 13.1 Å². The highest BCUT2D eigenvalue weighted by molar-refractivity contribution is 6.33. The van der Waals surface area contributed by atoms with Crippen LogP contribution < -0.4 is 16.8 Å². The molecule has 0 aliphatic carbocycles. The molecule has 17 nitrogen and oxygen atoms in total. The van der Waals surface area contributed by atoms with Crippen LogP contribution in [0.25, 0.3) is 44.1 Å². The summed E-state index contributed by atoms with van der Waals surface area (Å²) in [5.74, 6) is -5.17. The van der Waals surface area contributed by atoms with Crippen molar-refractivity contribution in [1.29, 1.82) is 10.5 Å². The summed E-state index contributed by atoms with van der Waals surface area (Å²) in [4.78, 5) is 73.9. The Morgan fingerprint density at radius 3 is 1.52 bits per heavy atom. The number of hydrogen-bond acceptors (Lipinski definition) is 11. The molecule has 412 valence electrons. The van der Waals surface area contributed by atoms with Crippen LogP contribution in [0.4, 0.5) is 17.6 Å². The fourth-order valence-electron chi connectivity index (χ4n) is 9.72. The maximum Gasteiger partial charge on any atom is 0.325 e. The standard InChI is InChI=1S/C29H22ClF2N5O3.C18H16ClF2NO.C11H8N4O3/c30-22-10-2-1-7-19(22)20-8-3-5-16(26(20)32)11-24(38)23-12-18(31)14-36(23)25(39)15-37-28-17(13-33)6-4-9-21(28)27(35-37)29(34)40;19-15-7-2-1-5-13(15)14-6-3-4-11(18(14)21)8-17(23)16-9-12(20)10-22-16;12-4-6-2-1-3-7-9(11(13)18)14-15(10(6)7)5-8(16)17/h1-10,18,23H,11-12,14-15H2,(H2,34,40);1-7,12,16,22H,8-10H2;1-3H,5H2,(H2,13,18)(H,16,17)/t18-,23+;12-,16+;/m11./s1. The number of nitrogens with zero attached hydrogens (tertiary/aromatic N) is 7. The fourth-order valence-corrected chi connectivity index (χ4v) is 10.2. The summed E-state index contributed by atoms with van der Waals surface area (Å²) in [6.07, 6.45) is -2.96. The summed E-state index contributed by atoms with van der Waals surface area (Å²) >= 11 is 12.4. The van der Waals surface area contributed by atoms with Gasteiger partial charge in [-0.2, -0.15) is 20.7 Å². The second-order valence-corrected chi connectivity index (χ2v) is 19.6. The lowest BCUT2D eigenvalue weighted by Crippen LogP contribution is -2.43. The van der Waals surface area contributed by atoms with Crippen LogP contribution in [0.15, 0.2) is 121 Å². The molecule has 2 aliphatic heterocycles. The van der Waals surface area contributed by atoms with Gasteiger partial charge in [0.25, 0.3) is 11.8 Å². The van der Waals surface area contributed by atoms with E-state index in [0.29, 0.717) is 48.6 Å². The highest BCUT2D eigenvalue weighted by atomic mass is 35.5. The smallest absolute Gasteiger partial charge is 0.325 e. The summed E-state index contributed by atoms with van der Waals surface area (Å²) in [7, 11) is 0. The molecule has 23 heteroatoms. The molecule has 0 radical (unpaired) electrons. The number of primary amides is 2. The van der Waals surface area contributed by atoms with E-state index in [0.717, 1.165) is 14.3 Å². The van der Waals surface area contributed by atoms with Crippen LogP contribution >= 0.6 is 23.2 Å². The second-order valence-electron chi connectivity index (χ2n) is 18.8. The van der Waals surface area contributed by atoms with Crippen molar-refractivity contribution in [2.24, 2.45) is 11.5 Å². The molecule has 0 spiro atoms. The molecule has 0 bridgehead atoms. The first-order valence-electron chi connectivity index (χ1n) is 24.8. The van der Waals surface area contributed by atoms with Crippen LogP contribution in [0.1, 0.15) is 56.1 Å². The van der Waals surface area contributed by atoms with Gasteiger partial charge >= 0.3 is 5.97 Å². The number of nitrogens with one attached hydrogen (secondary N) is 1. The number of hydrogen-bond donors (Lipinski definition) is 4. The van der Waals surface area contributed by atoms with E-state index in [2.05, 4.69) is 15.5 Å². The number of rotatable bonds is 14. The first-order valence-corrected chi connectivity index (χ1v) is 25.6. The van der Waals surface area contributed by atoms with Crippen LogP contribution in [0.3, 0.4) is 0 Å². The van der Waals surface area contributed by atoms with E-state index >= 15 is 4.39 Å². The summed E-state index contributed by atoms with van der Waals surface area (Å²) < 4.78 is 60.2. The van der Waals surface area contributed by atoms with Crippen molar-refractivity contribution in [3.63, 3.8) is 0 Å². The zero-order valence-electron chi connectivity index (χ0n) is 42.5. The number of halogens is 6. The Balaban J connectivity index is 0.000000177. The number of fused-ring (bicyclic) bond motifs is 2. The van der Waals surface area contributed by atoms with Gasteiger partial charge in [0.05, 0.1) is 40.8 Å². The molecule has 4 atom stereocenters. The van der Waals surface area contributed by atoms with Crippen LogP contribution in [0.2, 0.25) is 10.0 Å². The van der Waals surface area contributed by atoms with E-state index < -0.39 is 78.6 Å². The number of carbonyl (C=O) groups excluding carboxylic acids is 5. The lowest BCUT2D eigenvalue weighted by atomic mass is 9.97. The van der Waals surface area contributed by atoms with E-state index in [4.69, 9.17) is 45.0 Å². The predicted octanol–water partition coefficient (Wildman–Crippen LogP) is 8.27. The van der Waals surface area contributed by atoms with Gasteiger partial charge in [0, 0.05) is 75.3 Å². The zero-order valence-corrected chi connectivity index (χ0v) is 44.0. The number of nitriles is 2. The molecule has 0 saturated carbocycles. The van der Waals surface area contributed by atoms with Crippen molar-refractivity contribution in [3.05, 3.63) is 177 Å². The van der Waals surface area contributed by atoms with Gasteiger partial charge in [0.1, 0.15) is 49.2 Å². The number of alkyl halides is 2. The van der Waals surface area contributed by atoms with Gasteiger partial charge < -0.3 is 26.8 Å². The van der Waals surface area contributed by atoms with Crippen molar-refractivity contribution >= 4 is 80.3 Å². The van der Waals surface area contributed by atoms with Crippen molar-refractivity contribution < 1.29 is 51.4 Å². The third kappa shape index (κ3) is 12.8. The topological polar surface area (TPSA) is 273 Å². The molecule has 2 saturated heterocycles. The van der Waals surface area contributed by atoms with Gasteiger partial charge in [-0.3, -0.25) is 38.1 Å². The second kappa shape index (κ2) is 25.2. The van der Waals surface area contributed by atoms with E-state index in [1.807, 2.05) is 12.1 Å². The molecular formula is C58H46Cl2F4N10O7. The molecule has 2 aromatic heterocycles. The van der Waals surface area contributed by atoms with E-state index in [1.54, 1.807) is 103 Å². The Hall–Kier alpha value is -9.28. The van der Waals surface area contributed by atoms with E-state index in [9.17, 15) is 47.2 Å². The number of carboxylic acids is 1. The van der Waals surface area contributed by atoms with Crippen molar-refractivity contribution in [1.82, 2.24) is 29.8 Å². The number of carboxylic acid groups (broad SMARTS) is 1. The first-order chi connectivity index (χ1) is 38.8. The normalized spacial score (nSPS) is 16.4. The Kier molecular flexibility index (Phi) is 18.0. The van der Waals surface area contributed by atoms with Crippen LogP contribution in [0.5, 0.6) is 0 Å². The molecule has 81 heavy (non-hydrogen) atoms.